The SMILES string of the molecule is Cc1ccc(-c2ccnc(C(C)(C)O)n2)cc1-n1c(C)nc(OCc2cccc(F)n2)c(Br)c1=O. The van der Waals surface area contributed by atoms with Crippen molar-refractivity contribution >= 4 is 15.9 Å². The molecule has 3 heterocycles. The van der Waals surface area contributed by atoms with E-state index in [-0.39, 0.29) is 22.5 Å². The van der Waals surface area contributed by atoms with Gasteiger partial charge in [0.05, 0.1) is 17.1 Å². The van der Waals surface area contributed by atoms with E-state index in [4.69, 9.17) is 4.74 Å². The van der Waals surface area contributed by atoms with Crippen LogP contribution in [0.4, 0.5) is 4.39 Å². The Morgan fingerprint density at radius 2 is 1.89 bits per heavy atom. The van der Waals surface area contributed by atoms with Crippen LogP contribution in [0.2, 0.25) is 0 Å². The van der Waals surface area contributed by atoms with Crippen molar-refractivity contribution in [2.24, 2.45) is 0 Å². The van der Waals surface area contributed by atoms with Crippen molar-refractivity contribution in [3.05, 3.63) is 92.3 Å². The van der Waals surface area contributed by atoms with Crippen molar-refractivity contribution < 1.29 is 14.2 Å². The van der Waals surface area contributed by atoms with Crippen LogP contribution in [0.15, 0.2) is 57.9 Å². The molecule has 4 rings (SSSR count). The van der Waals surface area contributed by atoms with Crippen molar-refractivity contribution in [1.82, 2.24) is 24.5 Å². The summed E-state index contributed by atoms with van der Waals surface area (Å²) < 4.78 is 20.6. The minimum Gasteiger partial charge on any atom is -0.470 e. The largest absolute Gasteiger partial charge is 0.470 e. The van der Waals surface area contributed by atoms with Crippen LogP contribution < -0.4 is 10.3 Å². The molecule has 0 radical (unpaired) electrons. The Bertz CT molecular complexity index is 1470. The van der Waals surface area contributed by atoms with Crippen LogP contribution in [0, 0.1) is 19.8 Å². The Kier molecular flexibility index (Phi) is 6.77. The molecule has 0 atom stereocenters. The zero-order chi connectivity index (χ0) is 25.3. The molecular formula is C25H23BrFN5O3. The van der Waals surface area contributed by atoms with E-state index in [1.165, 1.54) is 16.7 Å². The summed E-state index contributed by atoms with van der Waals surface area (Å²) in [5, 5.41) is 10.3. The molecule has 0 aliphatic heterocycles. The highest BCUT2D eigenvalue weighted by Gasteiger charge is 2.21. The molecular weight excluding hydrogens is 517 g/mol. The Hall–Kier alpha value is -3.50. The van der Waals surface area contributed by atoms with Gasteiger partial charge < -0.3 is 9.84 Å². The number of rotatable bonds is 6. The molecule has 0 saturated carbocycles. The molecule has 3 aromatic heterocycles. The fourth-order valence-corrected chi connectivity index (χ4v) is 3.84. The van der Waals surface area contributed by atoms with Crippen molar-refractivity contribution in [3.8, 4) is 22.8 Å². The fourth-order valence-electron chi connectivity index (χ4n) is 3.46. The van der Waals surface area contributed by atoms with Crippen molar-refractivity contribution in [2.75, 3.05) is 0 Å². The second-order valence-corrected chi connectivity index (χ2v) is 9.28. The van der Waals surface area contributed by atoms with E-state index < -0.39 is 11.5 Å². The number of pyridine rings is 1. The second-order valence-electron chi connectivity index (χ2n) is 8.48. The van der Waals surface area contributed by atoms with Crippen molar-refractivity contribution in [2.45, 2.75) is 39.9 Å². The zero-order valence-corrected chi connectivity index (χ0v) is 21.2. The Morgan fingerprint density at radius 1 is 1.11 bits per heavy atom. The number of aryl methyl sites for hydroxylation is 2. The van der Waals surface area contributed by atoms with Gasteiger partial charge >= 0.3 is 0 Å². The molecule has 0 spiro atoms. The third-order valence-corrected chi connectivity index (χ3v) is 5.92. The first-order valence-corrected chi connectivity index (χ1v) is 11.5. The van der Waals surface area contributed by atoms with Crippen LogP contribution >= 0.6 is 15.9 Å². The minimum absolute atomic E-state index is 0.0436. The number of halogens is 2. The summed E-state index contributed by atoms with van der Waals surface area (Å²) in [5.74, 6) is 0.178. The van der Waals surface area contributed by atoms with Gasteiger partial charge in [0, 0.05) is 11.8 Å². The zero-order valence-electron chi connectivity index (χ0n) is 19.6. The third-order valence-electron chi connectivity index (χ3n) is 5.24. The van der Waals surface area contributed by atoms with Gasteiger partial charge in [-0.15, -0.1) is 0 Å². The molecule has 8 nitrogen and oxygen atoms in total. The van der Waals surface area contributed by atoms with Gasteiger partial charge in [-0.2, -0.15) is 9.37 Å². The molecule has 1 aromatic carbocycles. The highest BCUT2D eigenvalue weighted by molar-refractivity contribution is 9.10. The normalized spacial score (nSPS) is 11.5. The predicted octanol–water partition coefficient (Wildman–Crippen LogP) is 4.41. The van der Waals surface area contributed by atoms with Crippen LogP contribution in [-0.2, 0) is 12.2 Å². The molecule has 0 saturated heterocycles. The van der Waals surface area contributed by atoms with Gasteiger partial charge in [0.25, 0.3) is 5.56 Å². The van der Waals surface area contributed by atoms with E-state index in [0.717, 1.165) is 11.1 Å². The summed E-state index contributed by atoms with van der Waals surface area (Å²) in [4.78, 5) is 30.2. The van der Waals surface area contributed by atoms with E-state index >= 15 is 0 Å². The van der Waals surface area contributed by atoms with E-state index in [2.05, 4.69) is 35.9 Å². The third kappa shape index (κ3) is 5.28. The summed E-state index contributed by atoms with van der Waals surface area (Å²) in [6.45, 7) is 6.78. The minimum atomic E-state index is -1.19. The standard InChI is InChI=1S/C25H23BrFN5O3/c1-14-8-9-16(18-10-11-28-24(31-18)25(3,4)34)12-19(14)32-15(2)29-22(21(26)23(32)33)35-13-17-6-5-7-20(27)30-17/h5-12,34H,13H2,1-4H3. The molecule has 4 aromatic rings. The van der Waals surface area contributed by atoms with Crippen LogP contribution in [0.5, 0.6) is 5.88 Å². The van der Waals surface area contributed by atoms with Gasteiger partial charge in [0.2, 0.25) is 11.8 Å². The molecule has 0 fully saturated rings. The molecule has 0 aliphatic rings. The van der Waals surface area contributed by atoms with Crippen LogP contribution in [-0.4, -0.2) is 29.6 Å². The van der Waals surface area contributed by atoms with Gasteiger partial charge in [-0.3, -0.25) is 9.36 Å². The topological polar surface area (TPSA) is 103 Å². The first-order chi connectivity index (χ1) is 16.5. The van der Waals surface area contributed by atoms with E-state index in [1.54, 1.807) is 39.1 Å². The number of benzene rings is 1. The number of ether oxygens (including phenoxy) is 1. The fraction of sp³-hybridized carbons (Fsp3) is 0.240. The molecule has 0 amide bonds. The molecule has 10 heteroatoms. The first kappa shape index (κ1) is 24.6. The summed E-state index contributed by atoms with van der Waals surface area (Å²) in [5.41, 5.74) is 1.65. The highest BCUT2D eigenvalue weighted by Crippen LogP contribution is 2.27. The number of nitrogens with zero attached hydrogens (tertiary/aromatic N) is 5. The van der Waals surface area contributed by atoms with Gasteiger partial charge in [-0.25, -0.2) is 15.0 Å². The summed E-state index contributed by atoms with van der Waals surface area (Å²) in [6, 6.07) is 11.8. The highest BCUT2D eigenvalue weighted by atomic mass is 79.9. The average Bonchev–Trinajstić information content (AvgIpc) is 2.81. The molecule has 0 aliphatic carbocycles. The monoisotopic (exact) mass is 539 g/mol. The molecule has 1 N–H and O–H groups in total. The first-order valence-electron chi connectivity index (χ1n) is 10.8. The van der Waals surface area contributed by atoms with Crippen LogP contribution in [0.3, 0.4) is 0 Å². The van der Waals surface area contributed by atoms with Crippen LogP contribution in [0.25, 0.3) is 16.9 Å². The van der Waals surface area contributed by atoms with E-state index in [9.17, 15) is 14.3 Å². The maximum Gasteiger partial charge on any atom is 0.276 e. The summed E-state index contributed by atoms with van der Waals surface area (Å²) in [6.07, 6.45) is 1.59. The quantitative estimate of drug-likeness (QED) is 0.362. The van der Waals surface area contributed by atoms with Gasteiger partial charge in [0.1, 0.15) is 22.5 Å². The Balaban J connectivity index is 1.72. The molecule has 0 unspecified atom stereocenters. The van der Waals surface area contributed by atoms with E-state index in [0.29, 0.717) is 28.7 Å². The van der Waals surface area contributed by atoms with Crippen molar-refractivity contribution in [1.29, 1.82) is 0 Å². The molecule has 35 heavy (non-hydrogen) atoms. The molecule has 180 valence electrons. The van der Waals surface area contributed by atoms with Gasteiger partial charge in [0.15, 0.2) is 5.82 Å². The van der Waals surface area contributed by atoms with Gasteiger partial charge in [-0.05, 0) is 73.5 Å². The predicted molar refractivity (Wildman–Crippen MR) is 132 cm³/mol. The maximum atomic E-state index is 13.3. The lowest BCUT2D eigenvalue weighted by molar-refractivity contribution is 0.0688. The molecule has 0 bridgehead atoms. The number of hydrogen-bond donors (Lipinski definition) is 1. The van der Waals surface area contributed by atoms with Crippen LogP contribution in [0.1, 0.15) is 36.8 Å². The maximum absolute atomic E-state index is 13.3. The van der Waals surface area contributed by atoms with Gasteiger partial charge in [-0.1, -0.05) is 18.2 Å². The second kappa shape index (κ2) is 9.63. The number of aliphatic hydroxyl groups is 1. The Morgan fingerprint density at radius 3 is 2.60 bits per heavy atom. The lowest BCUT2D eigenvalue weighted by Crippen LogP contribution is -2.24. The van der Waals surface area contributed by atoms with Crippen molar-refractivity contribution in [3.63, 3.8) is 0 Å². The lowest BCUT2D eigenvalue weighted by atomic mass is 10.1. The lowest BCUT2D eigenvalue weighted by Gasteiger charge is -2.17. The summed E-state index contributed by atoms with van der Waals surface area (Å²) in [7, 11) is 0. The Labute approximate surface area is 209 Å². The average molecular weight is 540 g/mol. The van der Waals surface area contributed by atoms with E-state index in [1.807, 2.05) is 25.1 Å². The smallest absolute Gasteiger partial charge is 0.276 e. The number of hydrogen-bond acceptors (Lipinski definition) is 7. The number of aromatic nitrogens is 5. The summed E-state index contributed by atoms with van der Waals surface area (Å²) >= 11 is 3.31.